The Kier molecular flexibility index (Phi) is 11.8. The summed E-state index contributed by atoms with van der Waals surface area (Å²) in [6.45, 7) is 9.89. The van der Waals surface area contributed by atoms with Gasteiger partial charge in [-0.2, -0.15) is 0 Å². The maximum Gasteiger partial charge on any atom is 0.0208 e. The number of allylic oxidation sites excluding steroid dienone is 5. The molecule has 0 unspecified atom stereocenters. The van der Waals surface area contributed by atoms with Crippen LogP contribution in [0.4, 0.5) is 0 Å². The van der Waals surface area contributed by atoms with Gasteiger partial charge in [0, 0.05) is 13.1 Å². The van der Waals surface area contributed by atoms with Crippen LogP contribution in [0.5, 0.6) is 0 Å². The first-order valence-electron chi connectivity index (χ1n) is 7.07. The van der Waals surface area contributed by atoms with Crippen molar-refractivity contribution >= 4 is 0 Å². The van der Waals surface area contributed by atoms with Crippen molar-refractivity contribution in [2.45, 2.75) is 34.2 Å². The van der Waals surface area contributed by atoms with Gasteiger partial charge < -0.3 is 5.32 Å². The van der Waals surface area contributed by atoms with Gasteiger partial charge in [-0.15, -0.1) is 0 Å². The standard InChI is InChI=1S/C16H21N.C2H6/c1-3-9-15(4-2)12-8-13-17-14-16-10-6-5-7-11-16;1-2/h3-12,17H,13-14H2,1-2H3;1-2H3/b9-3-,12-8+,15-4+;. The fourth-order valence-corrected chi connectivity index (χ4v) is 1.53. The van der Waals surface area contributed by atoms with Crippen LogP contribution in [0.3, 0.4) is 0 Å². The summed E-state index contributed by atoms with van der Waals surface area (Å²) in [5.41, 5.74) is 2.56. The van der Waals surface area contributed by atoms with Crippen LogP contribution in [0.25, 0.3) is 0 Å². The molecule has 0 atom stereocenters. The van der Waals surface area contributed by atoms with Gasteiger partial charge in [-0.25, -0.2) is 0 Å². The maximum atomic E-state index is 3.39. The molecule has 1 N–H and O–H groups in total. The van der Waals surface area contributed by atoms with E-state index in [0.717, 1.165) is 13.1 Å². The third kappa shape index (κ3) is 9.04. The molecule has 1 nitrogen and oxygen atoms in total. The molecule has 0 bridgehead atoms. The molecule has 0 aliphatic rings. The highest BCUT2D eigenvalue weighted by Gasteiger charge is 1.88. The quantitative estimate of drug-likeness (QED) is 0.565. The number of benzene rings is 1. The van der Waals surface area contributed by atoms with Gasteiger partial charge in [-0.3, -0.25) is 0 Å². The van der Waals surface area contributed by atoms with Crippen molar-refractivity contribution in [3.8, 4) is 0 Å². The molecular weight excluding hydrogens is 230 g/mol. The van der Waals surface area contributed by atoms with Gasteiger partial charge in [0.05, 0.1) is 0 Å². The topological polar surface area (TPSA) is 12.0 Å². The highest BCUT2D eigenvalue weighted by Crippen LogP contribution is 1.99. The zero-order valence-corrected chi connectivity index (χ0v) is 12.7. The molecule has 0 saturated heterocycles. The second kappa shape index (κ2) is 12.8. The molecule has 104 valence electrons. The molecule has 1 rings (SSSR count). The van der Waals surface area contributed by atoms with Crippen LogP contribution in [0.15, 0.2) is 66.3 Å². The van der Waals surface area contributed by atoms with Gasteiger partial charge in [-0.1, -0.05) is 74.6 Å². The van der Waals surface area contributed by atoms with Gasteiger partial charge >= 0.3 is 0 Å². The third-order valence-electron chi connectivity index (χ3n) is 2.44. The minimum absolute atomic E-state index is 0.893. The summed E-state index contributed by atoms with van der Waals surface area (Å²) in [5.74, 6) is 0. The molecule has 0 radical (unpaired) electrons. The van der Waals surface area contributed by atoms with Crippen molar-refractivity contribution in [2.24, 2.45) is 0 Å². The second-order valence-electron chi connectivity index (χ2n) is 3.81. The second-order valence-corrected chi connectivity index (χ2v) is 3.81. The van der Waals surface area contributed by atoms with E-state index in [2.05, 4.69) is 66.9 Å². The smallest absolute Gasteiger partial charge is 0.0208 e. The maximum absolute atomic E-state index is 3.39. The average Bonchev–Trinajstić information content (AvgIpc) is 2.49. The van der Waals surface area contributed by atoms with Crippen molar-refractivity contribution in [3.05, 3.63) is 71.8 Å². The van der Waals surface area contributed by atoms with Crippen LogP contribution in [0.1, 0.15) is 33.3 Å². The molecule has 0 fully saturated rings. The van der Waals surface area contributed by atoms with Crippen LogP contribution in [0.2, 0.25) is 0 Å². The van der Waals surface area contributed by atoms with E-state index in [1.165, 1.54) is 11.1 Å². The molecule has 0 aromatic heterocycles. The van der Waals surface area contributed by atoms with Crippen molar-refractivity contribution in [1.29, 1.82) is 0 Å². The summed E-state index contributed by atoms with van der Waals surface area (Å²) in [4.78, 5) is 0. The summed E-state index contributed by atoms with van der Waals surface area (Å²) in [6.07, 6.45) is 10.6. The number of hydrogen-bond donors (Lipinski definition) is 1. The Bertz CT molecular complexity index is 385. The van der Waals surface area contributed by atoms with Gasteiger partial charge in [0.1, 0.15) is 0 Å². The van der Waals surface area contributed by atoms with E-state index in [1.54, 1.807) is 0 Å². The molecule has 1 aromatic carbocycles. The first kappa shape index (κ1) is 17.4. The fourth-order valence-electron chi connectivity index (χ4n) is 1.53. The highest BCUT2D eigenvalue weighted by molar-refractivity contribution is 5.29. The molecule has 1 aromatic rings. The Labute approximate surface area is 118 Å². The van der Waals surface area contributed by atoms with Crippen LogP contribution in [-0.2, 0) is 6.54 Å². The van der Waals surface area contributed by atoms with E-state index in [9.17, 15) is 0 Å². The van der Waals surface area contributed by atoms with Crippen molar-refractivity contribution in [1.82, 2.24) is 5.32 Å². The molecule has 0 aliphatic heterocycles. The molecule has 0 heterocycles. The van der Waals surface area contributed by atoms with E-state index < -0.39 is 0 Å². The zero-order chi connectivity index (χ0) is 14.3. The van der Waals surface area contributed by atoms with Crippen molar-refractivity contribution < 1.29 is 0 Å². The van der Waals surface area contributed by atoms with Gasteiger partial charge in [0.2, 0.25) is 0 Å². The third-order valence-corrected chi connectivity index (χ3v) is 2.44. The minimum atomic E-state index is 0.893. The monoisotopic (exact) mass is 257 g/mol. The SMILES string of the molecule is CC.C\C=C/C(/C=C/CNCc1ccccc1)=C\C. The van der Waals surface area contributed by atoms with Crippen LogP contribution >= 0.6 is 0 Å². The molecule has 0 saturated carbocycles. The Balaban J connectivity index is 0.00000154. The summed E-state index contributed by atoms with van der Waals surface area (Å²) < 4.78 is 0. The fraction of sp³-hybridized carbons (Fsp3) is 0.333. The predicted octanol–water partition coefficient (Wildman–Crippen LogP) is 4.88. The lowest BCUT2D eigenvalue weighted by atomic mass is 10.2. The van der Waals surface area contributed by atoms with Crippen LogP contribution < -0.4 is 5.32 Å². The van der Waals surface area contributed by atoms with E-state index in [1.807, 2.05) is 26.8 Å². The van der Waals surface area contributed by atoms with E-state index in [-0.39, 0.29) is 0 Å². The first-order chi connectivity index (χ1) is 9.36. The Morgan fingerprint density at radius 3 is 2.32 bits per heavy atom. The lowest BCUT2D eigenvalue weighted by Crippen LogP contribution is -2.12. The lowest BCUT2D eigenvalue weighted by molar-refractivity contribution is 0.759. The van der Waals surface area contributed by atoms with E-state index in [0.29, 0.717) is 0 Å². The predicted molar refractivity (Wildman–Crippen MR) is 87.2 cm³/mol. The van der Waals surface area contributed by atoms with Gasteiger partial charge in [0.15, 0.2) is 0 Å². The summed E-state index contributed by atoms with van der Waals surface area (Å²) in [6, 6.07) is 10.4. The minimum Gasteiger partial charge on any atom is -0.309 e. The summed E-state index contributed by atoms with van der Waals surface area (Å²) in [5, 5.41) is 3.39. The van der Waals surface area contributed by atoms with Crippen molar-refractivity contribution in [3.63, 3.8) is 0 Å². The normalized spacial score (nSPS) is 11.7. The van der Waals surface area contributed by atoms with Gasteiger partial charge in [0.25, 0.3) is 0 Å². The lowest BCUT2D eigenvalue weighted by Gasteiger charge is -2.01. The summed E-state index contributed by atoms with van der Waals surface area (Å²) in [7, 11) is 0. The highest BCUT2D eigenvalue weighted by atomic mass is 14.8. The molecule has 0 spiro atoms. The Morgan fingerprint density at radius 1 is 1.05 bits per heavy atom. The average molecular weight is 257 g/mol. The molecular formula is C18H27N. The molecule has 1 heteroatoms. The zero-order valence-electron chi connectivity index (χ0n) is 12.7. The summed E-state index contributed by atoms with van der Waals surface area (Å²) >= 11 is 0. The molecule has 0 aliphatic carbocycles. The van der Waals surface area contributed by atoms with E-state index >= 15 is 0 Å². The van der Waals surface area contributed by atoms with Crippen molar-refractivity contribution in [2.75, 3.05) is 6.54 Å². The first-order valence-corrected chi connectivity index (χ1v) is 7.07. The molecule has 19 heavy (non-hydrogen) atoms. The van der Waals surface area contributed by atoms with Crippen LogP contribution in [-0.4, -0.2) is 6.54 Å². The Morgan fingerprint density at radius 2 is 1.74 bits per heavy atom. The largest absolute Gasteiger partial charge is 0.309 e. The van der Waals surface area contributed by atoms with Gasteiger partial charge in [-0.05, 0) is 25.0 Å². The number of nitrogens with one attached hydrogen (secondary N) is 1. The number of hydrogen-bond acceptors (Lipinski definition) is 1. The molecule has 0 amide bonds. The Hall–Kier alpha value is -1.60. The number of rotatable bonds is 6. The van der Waals surface area contributed by atoms with E-state index in [4.69, 9.17) is 0 Å². The van der Waals surface area contributed by atoms with Crippen LogP contribution in [0, 0.1) is 0 Å².